The van der Waals surface area contributed by atoms with Crippen molar-refractivity contribution in [2.24, 2.45) is 0 Å². The first-order valence-corrected chi connectivity index (χ1v) is 13.9. The van der Waals surface area contributed by atoms with E-state index in [0.29, 0.717) is 36.0 Å². The number of hydrogen-bond donors (Lipinski definition) is 1. The van der Waals surface area contributed by atoms with E-state index in [1.165, 1.54) is 10.4 Å². The maximum atomic E-state index is 13.6. The highest BCUT2D eigenvalue weighted by molar-refractivity contribution is 7.89. The molecule has 1 aliphatic rings. The minimum absolute atomic E-state index is 0.0639. The Kier molecular flexibility index (Phi) is 9.44. The number of unbranched alkanes of at least 4 members (excludes halogenated alkanes) is 2. The van der Waals surface area contributed by atoms with Crippen molar-refractivity contribution < 1.29 is 32.5 Å². The van der Waals surface area contributed by atoms with E-state index in [2.05, 4.69) is 13.8 Å². The van der Waals surface area contributed by atoms with Gasteiger partial charge in [0.05, 0.1) is 11.3 Å². The van der Waals surface area contributed by atoms with Gasteiger partial charge in [0.25, 0.3) is 0 Å². The summed E-state index contributed by atoms with van der Waals surface area (Å²) >= 11 is 0. The summed E-state index contributed by atoms with van der Waals surface area (Å²) in [5.41, 5.74) is 0.379. The van der Waals surface area contributed by atoms with Crippen molar-refractivity contribution in [2.45, 2.75) is 58.3 Å². The fourth-order valence-electron chi connectivity index (χ4n) is 4.08. The molecule has 0 bridgehead atoms. The smallest absolute Gasteiger partial charge is 0.337 e. The molecule has 0 saturated carbocycles. The van der Waals surface area contributed by atoms with Crippen LogP contribution in [0.4, 0.5) is 5.69 Å². The van der Waals surface area contributed by atoms with Crippen LogP contribution in [0.25, 0.3) is 0 Å². The Morgan fingerprint density at radius 3 is 2.19 bits per heavy atom. The summed E-state index contributed by atoms with van der Waals surface area (Å²) in [5.74, 6) is 0.312. The standard InChI is InChI=1S/C26H36N2O7S/c1-5-9-13-27(14-10-6-2)21-17-24(35-19-11-12-22-23(15-19)34-18-33-22)25(16-20(21)26(29)30)36(31,32)28(7-3)8-4/h11-12,15-17H,5-10,13-14,18H2,1-4H3,(H,29,30). The van der Waals surface area contributed by atoms with E-state index in [4.69, 9.17) is 14.2 Å². The molecule has 0 atom stereocenters. The van der Waals surface area contributed by atoms with Gasteiger partial charge in [-0.1, -0.05) is 40.5 Å². The van der Waals surface area contributed by atoms with Crippen LogP contribution in [0.15, 0.2) is 35.2 Å². The highest BCUT2D eigenvalue weighted by Gasteiger charge is 2.30. The minimum atomic E-state index is -4.03. The molecule has 0 aliphatic carbocycles. The zero-order chi connectivity index (χ0) is 26.3. The molecule has 1 aliphatic heterocycles. The quantitative estimate of drug-likeness (QED) is 0.356. The predicted molar refractivity (Wildman–Crippen MR) is 138 cm³/mol. The third-order valence-corrected chi connectivity index (χ3v) is 8.16. The third-order valence-electron chi connectivity index (χ3n) is 6.09. The molecule has 0 unspecified atom stereocenters. The Morgan fingerprint density at radius 2 is 1.61 bits per heavy atom. The molecule has 0 amide bonds. The van der Waals surface area contributed by atoms with Crippen LogP contribution in [0, 0.1) is 0 Å². The Morgan fingerprint density at radius 1 is 0.972 bits per heavy atom. The number of benzene rings is 2. The fraction of sp³-hybridized carbons (Fsp3) is 0.500. The number of hydrogen-bond acceptors (Lipinski definition) is 7. The van der Waals surface area contributed by atoms with Crippen molar-refractivity contribution >= 4 is 21.7 Å². The fourth-order valence-corrected chi connectivity index (χ4v) is 5.66. The number of fused-ring (bicyclic) bond motifs is 1. The van der Waals surface area contributed by atoms with Crippen molar-refractivity contribution in [1.82, 2.24) is 4.31 Å². The molecule has 0 spiro atoms. The lowest BCUT2D eigenvalue weighted by atomic mass is 10.1. The van der Waals surface area contributed by atoms with Crippen molar-refractivity contribution in [3.05, 3.63) is 35.9 Å². The monoisotopic (exact) mass is 520 g/mol. The number of ether oxygens (including phenoxy) is 3. The molecule has 0 saturated heterocycles. The molecule has 1 N–H and O–H groups in total. The van der Waals surface area contributed by atoms with Gasteiger partial charge in [-0.3, -0.25) is 0 Å². The number of anilines is 1. The number of rotatable bonds is 14. The third kappa shape index (κ3) is 6.04. The lowest BCUT2D eigenvalue weighted by Gasteiger charge is -2.28. The number of carbonyl (C=O) groups is 1. The summed E-state index contributed by atoms with van der Waals surface area (Å²) in [6, 6.07) is 7.77. The highest BCUT2D eigenvalue weighted by Crippen LogP contribution is 2.41. The maximum Gasteiger partial charge on any atom is 0.337 e. The van der Waals surface area contributed by atoms with E-state index >= 15 is 0 Å². The van der Waals surface area contributed by atoms with Gasteiger partial charge in [0.15, 0.2) is 11.5 Å². The SMILES string of the molecule is CCCCN(CCCC)c1cc(Oc2ccc3c(c2)OCO3)c(S(=O)(=O)N(CC)CC)cc1C(=O)O. The largest absolute Gasteiger partial charge is 0.478 e. The van der Waals surface area contributed by atoms with Crippen LogP contribution in [-0.4, -0.2) is 56.8 Å². The van der Waals surface area contributed by atoms with Crippen molar-refractivity contribution in [3.63, 3.8) is 0 Å². The molecule has 198 valence electrons. The van der Waals surface area contributed by atoms with Gasteiger partial charge < -0.3 is 24.2 Å². The molecule has 0 fully saturated rings. The number of carboxylic acids is 1. The second-order valence-electron chi connectivity index (χ2n) is 8.52. The van der Waals surface area contributed by atoms with E-state index < -0.39 is 16.0 Å². The lowest BCUT2D eigenvalue weighted by Crippen LogP contribution is -2.32. The molecular formula is C26H36N2O7S. The second-order valence-corrected chi connectivity index (χ2v) is 10.4. The Labute approximate surface area is 213 Å². The molecule has 3 rings (SSSR count). The lowest BCUT2D eigenvalue weighted by molar-refractivity contribution is 0.0697. The number of sulfonamides is 1. The average Bonchev–Trinajstić information content (AvgIpc) is 3.32. The molecule has 9 nitrogen and oxygen atoms in total. The van der Waals surface area contributed by atoms with Gasteiger partial charge >= 0.3 is 5.97 Å². The summed E-state index contributed by atoms with van der Waals surface area (Å²) in [6.07, 6.45) is 3.64. The highest BCUT2D eigenvalue weighted by atomic mass is 32.2. The number of aromatic carboxylic acids is 1. The van der Waals surface area contributed by atoms with Crippen LogP contribution in [0.3, 0.4) is 0 Å². The van der Waals surface area contributed by atoms with Gasteiger partial charge in [0, 0.05) is 38.3 Å². The van der Waals surface area contributed by atoms with Gasteiger partial charge in [0.1, 0.15) is 16.4 Å². The summed E-state index contributed by atoms with van der Waals surface area (Å²) in [7, 11) is -4.03. The van der Waals surface area contributed by atoms with Gasteiger partial charge in [-0.25, -0.2) is 13.2 Å². The maximum absolute atomic E-state index is 13.6. The zero-order valence-corrected chi connectivity index (χ0v) is 22.3. The van der Waals surface area contributed by atoms with E-state index in [-0.39, 0.29) is 36.1 Å². The Balaban J connectivity index is 2.20. The molecular weight excluding hydrogens is 484 g/mol. The molecule has 10 heteroatoms. The first-order valence-electron chi connectivity index (χ1n) is 12.5. The first kappa shape index (κ1) is 27.6. The van der Waals surface area contributed by atoms with Crippen LogP contribution < -0.4 is 19.1 Å². The van der Waals surface area contributed by atoms with Crippen LogP contribution in [0.2, 0.25) is 0 Å². The summed E-state index contributed by atoms with van der Waals surface area (Å²) < 4.78 is 45.4. The number of nitrogens with zero attached hydrogens (tertiary/aromatic N) is 2. The molecule has 36 heavy (non-hydrogen) atoms. The molecule has 0 radical (unpaired) electrons. The van der Waals surface area contributed by atoms with Crippen LogP contribution in [-0.2, 0) is 10.0 Å². The summed E-state index contributed by atoms with van der Waals surface area (Å²) in [5, 5.41) is 10.1. The van der Waals surface area contributed by atoms with Crippen molar-refractivity contribution in [3.8, 4) is 23.0 Å². The van der Waals surface area contributed by atoms with E-state index in [0.717, 1.165) is 25.7 Å². The second kappa shape index (κ2) is 12.3. The molecule has 2 aromatic carbocycles. The van der Waals surface area contributed by atoms with E-state index in [1.54, 1.807) is 38.1 Å². The van der Waals surface area contributed by atoms with Crippen molar-refractivity contribution in [1.29, 1.82) is 0 Å². The van der Waals surface area contributed by atoms with Gasteiger partial charge in [-0.2, -0.15) is 4.31 Å². The van der Waals surface area contributed by atoms with Gasteiger partial charge in [-0.05, 0) is 31.0 Å². The molecule has 0 aromatic heterocycles. The van der Waals surface area contributed by atoms with E-state index in [9.17, 15) is 18.3 Å². The molecule has 1 heterocycles. The minimum Gasteiger partial charge on any atom is -0.478 e. The Bertz CT molecular complexity index is 1160. The zero-order valence-electron chi connectivity index (χ0n) is 21.5. The average molecular weight is 521 g/mol. The normalized spacial score (nSPS) is 12.7. The topological polar surface area (TPSA) is 106 Å². The number of carboxylic acid groups (broad SMARTS) is 1. The van der Waals surface area contributed by atoms with Crippen LogP contribution in [0.1, 0.15) is 63.7 Å². The van der Waals surface area contributed by atoms with Gasteiger partial charge in [0.2, 0.25) is 16.8 Å². The van der Waals surface area contributed by atoms with E-state index in [1.807, 2.05) is 4.90 Å². The van der Waals surface area contributed by atoms with Crippen LogP contribution >= 0.6 is 0 Å². The van der Waals surface area contributed by atoms with Gasteiger partial charge in [-0.15, -0.1) is 0 Å². The van der Waals surface area contributed by atoms with Crippen molar-refractivity contribution in [2.75, 3.05) is 37.9 Å². The Hall–Kier alpha value is -2.98. The van der Waals surface area contributed by atoms with Crippen LogP contribution in [0.5, 0.6) is 23.0 Å². The first-order chi connectivity index (χ1) is 17.3. The molecule has 2 aromatic rings. The summed E-state index contributed by atoms with van der Waals surface area (Å²) in [6.45, 7) is 9.52. The predicted octanol–water partition coefficient (Wildman–Crippen LogP) is 5.34. The summed E-state index contributed by atoms with van der Waals surface area (Å²) in [4.78, 5) is 14.2.